The molecule has 0 saturated heterocycles. The Labute approximate surface area is 209 Å². The summed E-state index contributed by atoms with van der Waals surface area (Å²) in [6, 6.07) is 17.5. The maximum Gasteiger partial charge on any atom is 0.245 e. The molecule has 2 aromatic carbocycles. The number of nitrogens with zero attached hydrogens (tertiary/aromatic N) is 1. The van der Waals surface area contributed by atoms with Gasteiger partial charge in [0.1, 0.15) is 6.04 Å². The lowest BCUT2D eigenvalue weighted by Gasteiger charge is -2.31. The first-order valence-electron chi connectivity index (χ1n) is 12.3. The molecule has 0 heterocycles. The summed E-state index contributed by atoms with van der Waals surface area (Å²) in [5, 5.41) is 3.00. The molecule has 0 aliphatic heterocycles. The Morgan fingerprint density at radius 3 is 2.09 bits per heavy atom. The van der Waals surface area contributed by atoms with Crippen molar-refractivity contribution in [2.45, 2.75) is 57.0 Å². The van der Waals surface area contributed by atoms with Crippen LogP contribution < -0.4 is 10.0 Å². The Morgan fingerprint density at radius 2 is 1.51 bits per heavy atom. The maximum absolute atomic E-state index is 13.1. The van der Waals surface area contributed by atoms with Crippen molar-refractivity contribution < 1.29 is 18.0 Å². The van der Waals surface area contributed by atoms with E-state index >= 15 is 0 Å². The van der Waals surface area contributed by atoms with E-state index in [9.17, 15) is 18.0 Å². The third-order valence-electron chi connectivity index (χ3n) is 6.70. The van der Waals surface area contributed by atoms with E-state index in [0.29, 0.717) is 25.9 Å². The second-order valence-electron chi connectivity index (χ2n) is 9.79. The molecule has 3 rings (SSSR count). The van der Waals surface area contributed by atoms with Gasteiger partial charge in [0.25, 0.3) is 0 Å². The minimum Gasteiger partial charge on any atom is -0.344 e. The van der Waals surface area contributed by atoms with E-state index in [1.165, 1.54) is 0 Å². The van der Waals surface area contributed by atoms with Crippen molar-refractivity contribution in [3.05, 3.63) is 66.2 Å². The average molecular weight is 500 g/mol. The fourth-order valence-corrected chi connectivity index (χ4v) is 5.63. The van der Waals surface area contributed by atoms with E-state index in [4.69, 9.17) is 0 Å². The molecular formula is C27H37N3O4S. The van der Waals surface area contributed by atoms with Crippen LogP contribution in [0.3, 0.4) is 0 Å². The van der Waals surface area contributed by atoms with Crippen molar-refractivity contribution in [3.8, 4) is 0 Å². The molecule has 0 unspecified atom stereocenters. The largest absolute Gasteiger partial charge is 0.344 e. The van der Waals surface area contributed by atoms with Crippen LogP contribution >= 0.6 is 0 Å². The zero-order valence-electron chi connectivity index (χ0n) is 20.8. The molecule has 1 atom stereocenters. The Bertz CT molecular complexity index is 1070. The van der Waals surface area contributed by atoms with Gasteiger partial charge in [-0.25, -0.2) is 13.1 Å². The third-order valence-corrected chi connectivity index (χ3v) is 8.14. The normalized spacial score (nSPS) is 19.2. The van der Waals surface area contributed by atoms with Gasteiger partial charge in [-0.2, -0.15) is 0 Å². The molecule has 1 fully saturated rings. The minimum absolute atomic E-state index is 0.0339. The molecule has 1 saturated carbocycles. The lowest BCUT2D eigenvalue weighted by atomic mass is 9.81. The predicted octanol–water partition coefficient (Wildman–Crippen LogP) is 3.57. The average Bonchev–Trinajstić information content (AvgIpc) is 2.86. The van der Waals surface area contributed by atoms with Crippen molar-refractivity contribution in [1.82, 2.24) is 14.9 Å². The van der Waals surface area contributed by atoms with Crippen LogP contribution in [0.1, 0.15) is 45.1 Å². The van der Waals surface area contributed by atoms with Gasteiger partial charge < -0.3 is 10.2 Å². The summed E-state index contributed by atoms with van der Waals surface area (Å²) in [6.07, 6.45) is 2.90. The van der Waals surface area contributed by atoms with Crippen LogP contribution in [0.4, 0.5) is 0 Å². The summed E-state index contributed by atoms with van der Waals surface area (Å²) in [5.74, 6) is -0.189. The fraction of sp³-hybridized carbons (Fsp3) is 0.481. The first kappa shape index (κ1) is 26.9. The number of nitrogens with one attached hydrogen (secondary N) is 2. The van der Waals surface area contributed by atoms with Crippen LogP contribution in [-0.4, -0.2) is 44.8 Å². The highest BCUT2D eigenvalue weighted by atomic mass is 32.2. The number of sulfonamides is 1. The highest BCUT2D eigenvalue weighted by Gasteiger charge is 2.32. The topological polar surface area (TPSA) is 95.6 Å². The van der Waals surface area contributed by atoms with E-state index in [-0.39, 0.29) is 34.5 Å². The third kappa shape index (κ3) is 7.64. The van der Waals surface area contributed by atoms with Gasteiger partial charge in [0, 0.05) is 26.1 Å². The van der Waals surface area contributed by atoms with Gasteiger partial charge in [0.2, 0.25) is 21.8 Å². The minimum atomic E-state index is -3.53. The molecule has 8 heteroatoms. The molecule has 2 aromatic rings. The van der Waals surface area contributed by atoms with E-state index in [0.717, 1.165) is 18.4 Å². The lowest BCUT2D eigenvalue weighted by Crippen LogP contribution is -2.51. The Balaban J connectivity index is 1.49. The monoisotopic (exact) mass is 499 g/mol. The summed E-state index contributed by atoms with van der Waals surface area (Å²) in [6.45, 7) is 4.73. The number of carbonyl (C=O) groups excluding carboxylic acids is 2. The zero-order valence-corrected chi connectivity index (χ0v) is 21.6. The van der Waals surface area contributed by atoms with Crippen LogP contribution in [0.5, 0.6) is 0 Å². The molecular weight excluding hydrogens is 462 g/mol. The summed E-state index contributed by atoms with van der Waals surface area (Å²) >= 11 is 0. The maximum atomic E-state index is 13.1. The Morgan fingerprint density at radius 1 is 0.943 bits per heavy atom. The number of amides is 2. The van der Waals surface area contributed by atoms with Crippen molar-refractivity contribution in [1.29, 1.82) is 0 Å². The summed E-state index contributed by atoms with van der Waals surface area (Å²) in [5.41, 5.74) is 1.04. The molecule has 0 bridgehead atoms. The van der Waals surface area contributed by atoms with Crippen molar-refractivity contribution in [2.24, 2.45) is 17.8 Å². The van der Waals surface area contributed by atoms with Crippen molar-refractivity contribution >= 4 is 21.8 Å². The van der Waals surface area contributed by atoms with Crippen LogP contribution in [0.15, 0.2) is 65.6 Å². The van der Waals surface area contributed by atoms with Crippen molar-refractivity contribution in [3.63, 3.8) is 0 Å². The number of hydrogen-bond donors (Lipinski definition) is 2. The predicted molar refractivity (Wildman–Crippen MR) is 137 cm³/mol. The summed E-state index contributed by atoms with van der Waals surface area (Å²) in [4.78, 5) is 28.0. The van der Waals surface area contributed by atoms with Gasteiger partial charge in [0.15, 0.2) is 0 Å². The van der Waals surface area contributed by atoms with Crippen LogP contribution in [0.25, 0.3) is 0 Å². The number of hydrogen-bond acceptors (Lipinski definition) is 4. The molecule has 190 valence electrons. The molecule has 1 aliphatic carbocycles. The molecule has 0 spiro atoms. The standard InChI is InChI=1S/C27H37N3O4S/c1-20(2)25(27(32)30(3)19-22-10-6-4-7-11-22)29-26(31)23-16-14-21(15-17-23)18-28-35(33,34)24-12-8-5-9-13-24/h4-13,20-21,23,25,28H,14-19H2,1-3H3,(H,29,31)/t21?,23?,25-/m0/s1. The van der Waals surface area contributed by atoms with Crippen LogP contribution in [0.2, 0.25) is 0 Å². The van der Waals surface area contributed by atoms with Gasteiger partial charge in [-0.1, -0.05) is 62.4 Å². The van der Waals surface area contributed by atoms with Gasteiger partial charge in [-0.3, -0.25) is 9.59 Å². The van der Waals surface area contributed by atoms with Gasteiger partial charge in [-0.15, -0.1) is 0 Å². The first-order valence-corrected chi connectivity index (χ1v) is 13.8. The SMILES string of the molecule is CC(C)[C@H](NC(=O)C1CCC(CNS(=O)(=O)c2ccccc2)CC1)C(=O)N(C)Cc1ccccc1. The smallest absolute Gasteiger partial charge is 0.245 e. The molecule has 1 aliphatic rings. The number of carbonyl (C=O) groups is 2. The van der Waals surface area contributed by atoms with Gasteiger partial charge >= 0.3 is 0 Å². The van der Waals surface area contributed by atoms with E-state index in [1.807, 2.05) is 44.2 Å². The lowest BCUT2D eigenvalue weighted by molar-refractivity contribution is -0.138. The molecule has 2 amide bonds. The second kappa shape index (κ2) is 12.3. The van der Waals surface area contributed by atoms with Gasteiger partial charge in [-0.05, 0) is 55.2 Å². The first-order chi connectivity index (χ1) is 16.7. The summed E-state index contributed by atoms with van der Waals surface area (Å²) in [7, 11) is -1.76. The summed E-state index contributed by atoms with van der Waals surface area (Å²) < 4.78 is 27.6. The van der Waals surface area contributed by atoms with Crippen LogP contribution in [-0.2, 0) is 26.2 Å². The molecule has 0 radical (unpaired) electrons. The highest BCUT2D eigenvalue weighted by molar-refractivity contribution is 7.89. The van der Waals surface area contributed by atoms with Crippen LogP contribution in [0, 0.1) is 17.8 Å². The Hall–Kier alpha value is -2.71. The second-order valence-corrected chi connectivity index (χ2v) is 11.6. The number of likely N-dealkylation sites (N-methyl/N-ethyl adjacent to an activating group) is 1. The number of benzene rings is 2. The number of rotatable bonds is 10. The fourth-order valence-electron chi connectivity index (χ4n) is 4.50. The molecule has 7 nitrogen and oxygen atoms in total. The molecule has 2 N–H and O–H groups in total. The highest BCUT2D eigenvalue weighted by Crippen LogP contribution is 2.29. The zero-order chi connectivity index (χ0) is 25.4. The van der Waals surface area contributed by atoms with E-state index in [1.54, 1.807) is 42.3 Å². The van der Waals surface area contributed by atoms with Crippen molar-refractivity contribution in [2.75, 3.05) is 13.6 Å². The quantitative estimate of drug-likeness (QED) is 0.522. The van der Waals surface area contributed by atoms with E-state index in [2.05, 4.69) is 10.0 Å². The van der Waals surface area contributed by atoms with Gasteiger partial charge in [0.05, 0.1) is 4.90 Å². The van der Waals surface area contributed by atoms with E-state index < -0.39 is 16.1 Å². The Kier molecular flexibility index (Phi) is 9.46. The molecule has 35 heavy (non-hydrogen) atoms. The molecule has 0 aromatic heterocycles.